The molecule has 14 heavy (non-hydrogen) atoms. The highest BCUT2D eigenvalue weighted by Crippen LogP contribution is 2.27. The van der Waals surface area contributed by atoms with Crippen molar-refractivity contribution >= 4 is 5.57 Å². The maximum absolute atomic E-state index is 13.3. The Hall–Kier alpha value is -1.22. The summed E-state index contributed by atoms with van der Waals surface area (Å²) in [5, 5.41) is 9.41. The van der Waals surface area contributed by atoms with Crippen LogP contribution >= 0.6 is 0 Å². The minimum Gasteiger partial charge on any atom is -0.389 e. The van der Waals surface area contributed by atoms with Crippen LogP contribution in [-0.2, 0) is 0 Å². The molecule has 2 nitrogen and oxygen atoms in total. The average molecular weight is 193 g/mol. The molecule has 0 spiro atoms. The van der Waals surface area contributed by atoms with Gasteiger partial charge in [0.2, 0.25) is 5.95 Å². The minimum atomic E-state index is -0.451. The van der Waals surface area contributed by atoms with Crippen LogP contribution in [0.3, 0.4) is 0 Å². The van der Waals surface area contributed by atoms with Gasteiger partial charge in [-0.3, -0.25) is 0 Å². The lowest BCUT2D eigenvalue weighted by Gasteiger charge is -2.17. The van der Waals surface area contributed by atoms with E-state index in [-0.39, 0.29) is 0 Å². The lowest BCUT2D eigenvalue weighted by molar-refractivity contribution is 0.206. The first-order chi connectivity index (χ1) is 6.77. The summed E-state index contributed by atoms with van der Waals surface area (Å²) >= 11 is 0. The quantitative estimate of drug-likeness (QED) is 0.693. The molecule has 0 fully saturated rings. The third kappa shape index (κ3) is 1.82. The molecule has 0 saturated carbocycles. The van der Waals surface area contributed by atoms with Crippen molar-refractivity contribution in [1.82, 2.24) is 4.98 Å². The van der Waals surface area contributed by atoms with Crippen LogP contribution in [0.2, 0.25) is 0 Å². The summed E-state index contributed by atoms with van der Waals surface area (Å²) in [7, 11) is 0. The summed E-state index contributed by atoms with van der Waals surface area (Å²) < 4.78 is 13.3. The average Bonchev–Trinajstić information content (AvgIpc) is 2.18. The first-order valence-corrected chi connectivity index (χ1v) is 4.77. The molecule has 1 aromatic rings. The van der Waals surface area contributed by atoms with Crippen molar-refractivity contribution in [3.8, 4) is 0 Å². The first kappa shape index (κ1) is 9.34. The molecule has 3 heteroatoms. The Labute approximate surface area is 82.1 Å². The predicted octanol–water partition coefficient (Wildman–Crippen LogP) is 2.15. The normalized spacial score (nSPS) is 21.9. The second-order valence-corrected chi connectivity index (χ2v) is 3.49. The van der Waals surface area contributed by atoms with E-state index in [0.717, 1.165) is 24.8 Å². The monoisotopic (exact) mass is 193 g/mol. The van der Waals surface area contributed by atoms with Crippen LogP contribution in [0, 0.1) is 5.95 Å². The summed E-state index contributed by atoms with van der Waals surface area (Å²) in [6.07, 6.45) is 5.22. The van der Waals surface area contributed by atoms with Crippen molar-refractivity contribution < 1.29 is 9.50 Å². The number of halogens is 1. The van der Waals surface area contributed by atoms with Gasteiger partial charge in [0, 0.05) is 11.8 Å². The van der Waals surface area contributed by atoms with Gasteiger partial charge in [-0.2, -0.15) is 4.39 Å². The SMILES string of the molecule is O[C@H]1C=C(c2cccnc2F)CCC1. The van der Waals surface area contributed by atoms with Crippen LogP contribution in [0.4, 0.5) is 4.39 Å². The zero-order chi connectivity index (χ0) is 9.97. The zero-order valence-corrected chi connectivity index (χ0v) is 7.78. The number of hydrogen-bond donors (Lipinski definition) is 1. The second kappa shape index (κ2) is 3.88. The van der Waals surface area contributed by atoms with Gasteiger partial charge in [0.1, 0.15) is 0 Å². The molecule has 0 amide bonds. The Morgan fingerprint density at radius 2 is 2.36 bits per heavy atom. The number of nitrogens with zero attached hydrogens (tertiary/aromatic N) is 1. The summed E-state index contributed by atoms with van der Waals surface area (Å²) in [4.78, 5) is 3.59. The van der Waals surface area contributed by atoms with Crippen molar-refractivity contribution in [2.45, 2.75) is 25.4 Å². The Kier molecular flexibility index (Phi) is 2.59. The number of rotatable bonds is 1. The van der Waals surface area contributed by atoms with Crippen LogP contribution in [-0.4, -0.2) is 16.2 Å². The minimum absolute atomic E-state index is 0.432. The van der Waals surface area contributed by atoms with E-state index in [1.165, 1.54) is 6.20 Å². The van der Waals surface area contributed by atoms with Gasteiger partial charge in [-0.1, -0.05) is 6.08 Å². The van der Waals surface area contributed by atoms with Gasteiger partial charge in [0.25, 0.3) is 0 Å². The third-order valence-corrected chi connectivity index (χ3v) is 2.44. The lowest BCUT2D eigenvalue weighted by Crippen LogP contribution is -2.09. The second-order valence-electron chi connectivity index (χ2n) is 3.49. The molecule has 0 bridgehead atoms. The van der Waals surface area contributed by atoms with Crippen molar-refractivity contribution in [2.24, 2.45) is 0 Å². The number of aliphatic hydroxyl groups is 1. The summed E-state index contributed by atoms with van der Waals surface area (Å²) in [6.45, 7) is 0. The van der Waals surface area contributed by atoms with Gasteiger partial charge in [-0.15, -0.1) is 0 Å². The molecule has 0 aliphatic heterocycles. The Bertz CT molecular complexity index is 362. The molecule has 0 saturated heterocycles. The molecule has 1 aliphatic rings. The van der Waals surface area contributed by atoms with E-state index < -0.39 is 12.1 Å². The Morgan fingerprint density at radius 1 is 1.50 bits per heavy atom. The van der Waals surface area contributed by atoms with Gasteiger partial charge in [-0.05, 0) is 37.0 Å². The molecule has 1 heterocycles. The van der Waals surface area contributed by atoms with Crippen molar-refractivity contribution in [3.63, 3.8) is 0 Å². The fourth-order valence-corrected chi connectivity index (χ4v) is 1.75. The maximum Gasteiger partial charge on any atom is 0.220 e. The highest BCUT2D eigenvalue weighted by Gasteiger charge is 2.14. The number of aromatic nitrogens is 1. The lowest BCUT2D eigenvalue weighted by atomic mass is 9.93. The molecule has 74 valence electrons. The van der Waals surface area contributed by atoms with Crippen LogP contribution in [0.5, 0.6) is 0 Å². The van der Waals surface area contributed by atoms with E-state index in [1.54, 1.807) is 18.2 Å². The van der Waals surface area contributed by atoms with Gasteiger partial charge < -0.3 is 5.11 Å². The molecule has 1 aliphatic carbocycles. The predicted molar refractivity (Wildman–Crippen MR) is 52.0 cm³/mol. The first-order valence-electron chi connectivity index (χ1n) is 4.77. The summed E-state index contributed by atoms with van der Waals surface area (Å²) in [6, 6.07) is 3.41. The zero-order valence-electron chi connectivity index (χ0n) is 7.78. The van der Waals surface area contributed by atoms with Gasteiger partial charge in [0.15, 0.2) is 0 Å². The molecule has 1 aromatic heterocycles. The van der Waals surface area contributed by atoms with Crippen molar-refractivity contribution in [2.75, 3.05) is 0 Å². The topological polar surface area (TPSA) is 33.1 Å². The smallest absolute Gasteiger partial charge is 0.220 e. The fraction of sp³-hybridized carbons (Fsp3) is 0.364. The van der Waals surface area contributed by atoms with Gasteiger partial charge in [0.05, 0.1) is 6.10 Å². The number of pyridine rings is 1. The maximum atomic E-state index is 13.3. The van der Waals surface area contributed by atoms with Crippen molar-refractivity contribution in [1.29, 1.82) is 0 Å². The van der Waals surface area contributed by atoms with Crippen molar-refractivity contribution in [3.05, 3.63) is 35.9 Å². The van der Waals surface area contributed by atoms with Crippen LogP contribution in [0.15, 0.2) is 24.4 Å². The van der Waals surface area contributed by atoms with Crippen LogP contribution in [0.1, 0.15) is 24.8 Å². The van der Waals surface area contributed by atoms with E-state index >= 15 is 0 Å². The van der Waals surface area contributed by atoms with E-state index in [2.05, 4.69) is 4.98 Å². The van der Waals surface area contributed by atoms with Crippen LogP contribution < -0.4 is 0 Å². The third-order valence-electron chi connectivity index (χ3n) is 2.44. The van der Waals surface area contributed by atoms with Gasteiger partial charge in [-0.25, -0.2) is 4.98 Å². The molecular weight excluding hydrogens is 181 g/mol. The van der Waals surface area contributed by atoms with E-state index in [0.29, 0.717) is 5.56 Å². The number of allylic oxidation sites excluding steroid dienone is 1. The molecule has 0 unspecified atom stereocenters. The Morgan fingerprint density at radius 3 is 3.07 bits per heavy atom. The summed E-state index contributed by atoms with van der Waals surface area (Å²) in [5.41, 5.74) is 1.39. The highest BCUT2D eigenvalue weighted by atomic mass is 19.1. The highest BCUT2D eigenvalue weighted by molar-refractivity contribution is 5.66. The van der Waals surface area contributed by atoms with E-state index in [9.17, 15) is 9.50 Å². The van der Waals surface area contributed by atoms with Gasteiger partial charge >= 0.3 is 0 Å². The molecule has 0 radical (unpaired) electrons. The fourth-order valence-electron chi connectivity index (χ4n) is 1.75. The van der Waals surface area contributed by atoms with E-state index in [4.69, 9.17) is 0 Å². The molecular formula is C11H12FNO. The van der Waals surface area contributed by atoms with Crippen LogP contribution in [0.25, 0.3) is 5.57 Å². The standard InChI is InChI=1S/C11H12FNO/c12-11-10(5-2-6-13-11)8-3-1-4-9(14)7-8/h2,5-7,9,14H,1,3-4H2/t9-/m1/s1. The molecule has 1 atom stereocenters. The Balaban J connectivity index is 2.35. The number of hydrogen-bond acceptors (Lipinski definition) is 2. The summed E-state index contributed by atoms with van der Waals surface area (Å²) in [5.74, 6) is -0.451. The molecule has 0 aromatic carbocycles. The molecule has 2 rings (SSSR count). The number of aliphatic hydroxyl groups excluding tert-OH is 1. The largest absolute Gasteiger partial charge is 0.389 e. The van der Waals surface area contributed by atoms with E-state index in [1.807, 2.05) is 0 Å². The molecule has 1 N–H and O–H groups in total.